The minimum Gasteiger partial charge on any atom is -0.326 e. The van der Waals surface area contributed by atoms with Crippen molar-refractivity contribution < 1.29 is 0 Å². The monoisotopic (exact) mass is 273 g/mol. The van der Waals surface area contributed by atoms with E-state index in [1.807, 2.05) is 6.33 Å². The first-order valence-corrected chi connectivity index (χ1v) is 7.53. The van der Waals surface area contributed by atoms with Gasteiger partial charge in [0.25, 0.3) is 0 Å². The van der Waals surface area contributed by atoms with Crippen LogP contribution in [0, 0.1) is 13.8 Å². The Labute approximate surface area is 122 Å². The van der Waals surface area contributed by atoms with Crippen LogP contribution in [0.1, 0.15) is 51.3 Å². The summed E-state index contributed by atoms with van der Waals surface area (Å²) in [5.41, 5.74) is 5.15. The third kappa shape index (κ3) is 3.04. The third-order valence-corrected chi connectivity index (χ3v) is 4.43. The quantitative estimate of drug-likeness (QED) is 0.892. The normalized spacial score (nSPS) is 13.9. The van der Waals surface area contributed by atoms with Crippen LogP contribution in [0.25, 0.3) is 11.0 Å². The first kappa shape index (κ1) is 15.0. The maximum atomic E-state index is 4.54. The first-order valence-electron chi connectivity index (χ1n) is 7.53. The Morgan fingerprint density at radius 1 is 1.25 bits per heavy atom. The lowest BCUT2D eigenvalue weighted by atomic mass is 10.0. The molecule has 0 aliphatic heterocycles. The smallest absolute Gasteiger partial charge is 0.0961 e. The molecule has 1 aromatic carbocycles. The van der Waals surface area contributed by atoms with Crippen LogP contribution in [0.4, 0.5) is 0 Å². The summed E-state index contributed by atoms with van der Waals surface area (Å²) in [6.07, 6.45) is 3.09. The van der Waals surface area contributed by atoms with Crippen molar-refractivity contribution in [2.75, 3.05) is 6.54 Å². The fourth-order valence-electron chi connectivity index (χ4n) is 2.28. The second-order valence-corrected chi connectivity index (χ2v) is 6.54. The van der Waals surface area contributed by atoms with Gasteiger partial charge in [-0.25, -0.2) is 4.98 Å². The van der Waals surface area contributed by atoms with Crippen molar-refractivity contribution in [2.24, 2.45) is 0 Å². The van der Waals surface area contributed by atoms with Crippen molar-refractivity contribution in [3.63, 3.8) is 0 Å². The topological polar surface area (TPSA) is 29.9 Å². The maximum absolute atomic E-state index is 4.54. The number of benzene rings is 1. The average Bonchev–Trinajstić information content (AvgIpc) is 2.79. The molecular weight excluding hydrogens is 246 g/mol. The fraction of sp³-hybridized carbons (Fsp3) is 0.588. The molecule has 0 aliphatic rings. The molecule has 1 atom stereocenters. The Balaban J connectivity index is 2.22. The van der Waals surface area contributed by atoms with Crippen LogP contribution in [-0.2, 0) is 0 Å². The minimum absolute atomic E-state index is 0.192. The SMILES string of the molecule is CCC(C)(C)NCC(C)n1cnc2cc(C)c(C)cc21. The summed E-state index contributed by atoms with van der Waals surface area (Å²) in [5.74, 6) is 0. The zero-order valence-electron chi connectivity index (χ0n) is 13.6. The van der Waals surface area contributed by atoms with Gasteiger partial charge in [-0.15, -0.1) is 0 Å². The van der Waals surface area contributed by atoms with Gasteiger partial charge in [0, 0.05) is 18.1 Å². The number of imidazole rings is 1. The molecule has 0 amide bonds. The molecule has 1 N–H and O–H groups in total. The molecule has 20 heavy (non-hydrogen) atoms. The first-order chi connectivity index (χ1) is 9.34. The van der Waals surface area contributed by atoms with Gasteiger partial charge in [-0.3, -0.25) is 0 Å². The highest BCUT2D eigenvalue weighted by atomic mass is 15.1. The van der Waals surface area contributed by atoms with Crippen LogP contribution in [0.15, 0.2) is 18.5 Å². The molecule has 1 heterocycles. The lowest BCUT2D eigenvalue weighted by Gasteiger charge is -2.27. The molecule has 2 rings (SSSR count). The standard InChI is InChI=1S/C17H27N3/c1-7-17(5,6)19-10-14(4)20-11-18-15-8-12(2)13(3)9-16(15)20/h8-9,11,14,19H,7,10H2,1-6H3. The van der Waals surface area contributed by atoms with Crippen LogP contribution < -0.4 is 5.32 Å². The summed E-state index contributed by atoms with van der Waals surface area (Å²) < 4.78 is 2.28. The number of rotatable bonds is 5. The van der Waals surface area contributed by atoms with Gasteiger partial charge in [-0.05, 0) is 64.3 Å². The lowest BCUT2D eigenvalue weighted by Crippen LogP contribution is -2.41. The summed E-state index contributed by atoms with van der Waals surface area (Å²) >= 11 is 0. The Kier molecular flexibility index (Phi) is 4.19. The van der Waals surface area contributed by atoms with E-state index in [-0.39, 0.29) is 5.54 Å². The van der Waals surface area contributed by atoms with E-state index in [0.717, 1.165) is 18.5 Å². The van der Waals surface area contributed by atoms with Crippen LogP contribution >= 0.6 is 0 Å². The molecule has 3 heteroatoms. The van der Waals surface area contributed by atoms with E-state index in [1.54, 1.807) is 0 Å². The number of fused-ring (bicyclic) bond motifs is 1. The van der Waals surface area contributed by atoms with Gasteiger partial charge in [-0.1, -0.05) is 6.92 Å². The van der Waals surface area contributed by atoms with Crippen LogP contribution in [-0.4, -0.2) is 21.6 Å². The van der Waals surface area contributed by atoms with Gasteiger partial charge in [0.2, 0.25) is 0 Å². The van der Waals surface area contributed by atoms with Crippen molar-refractivity contribution in [3.05, 3.63) is 29.6 Å². The molecule has 0 saturated heterocycles. The number of hydrogen-bond acceptors (Lipinski definition) is 2. The summed E-state index contributed by atoms with van der Waals surface area (Å²) in [7, 11) is 0. The van der Waals surface area contributed by atoms with E-state index >= 15 is 0 Å². The molecule has 1 aromatic heterocycles. The molecule has 0 bridgehead atoms. The van der Waals surface area contributed by atoms with Gasteiger partial charge in [-0.2, -0.15) is 0 Å². The van der Waals surface area contributed by atoms with Crippen molar-refractivity contribution in [1.82, 2.24) is 14.9 Å². The van der Waals surface area contributed by atoms with E-state index in [4.69, 9.17) is 0 Å². The summed E-state index contributed by atoms with van der Waals surface area (Å²) in [6.45, 7) is 14.2. The maximum Gasteiger partial charge on any atom is 0.0961 e. The molecule has 1 unspecified atom stereocenters. The minimum atomic E-state index is 0.192. The van der Waals surface area contributed by atoms with Gasteiger partial charge in [0.05, 0.1) is 17.4 Å². The molecule has 0 spiro atoms. The van der Waals surface area contributed by atoms with Gasteiger partial charge in [0.15, 0.2) is 0 Å². The summed E-state index contributed by atoms with van der Waals surface area (Å²) in [6, 6.07) is 4.82. The van der Waals surface area contributed by atoms with E-state index in [0.29, 0.717) is 6.04 Å². The Bertz CT molecular complexity index is 596. The van der Waals surface area contributed by atoms with Crippen LogP contribution in [0.3, 0.4) is 0 Å². The van der Waals surface area contributed by atoms with Crippen molar-refractivity contribution in [1.29, 1.82) is 0 Å². The predicted molar refractivity (Wildman–Crippen MR) is 86.3 cm³/mol. The summed E-state index contributed by atoms with van der Waals surface area (Å²) in [4.78, 5) is 4.54. The average molecular weight is 273 g/mol. The van der Waals surface area contributed by atoms with Crippen molar-refractivity contribution >= 4 is 11.0 Å². The zero-order valence-corrected chi connectivity index (χ0v) is 13.6. The van der Waals surface area contributed by atoms with Crippen LogP contribution in [0.2, 0.25) is 0 Å². The number of nitrogens with zero attached hydrogens (tertiary/aromatic N) is 2. The number of nitrogens with one attached hydrogen (secondary N) is 1. The summed E-state index contributed by atoms with van der Waals surface area (Å²) in [5, 5.41) is 3.64. The van der Waals surface area contributed by atoms with Gasteiger partial charge >= 0.3 is 0 Å². The predicted octanol–water partition coefficient (Wildman–Crippen LogP) is 3.99. The molecule has 0 radical (unpaired) electrons. The van der Waals surface area contributed by atoms with Gasteiger partial charge < -0.3 is 9.88 Å². The Morgan fingerprint density at radius 2 is 1.90 bits per heavy atom. The lowest BCUT2D eigenvalue weighted by molar-refractivity contribution is 0.346. The van der Waals surface area contributed by atoms with E-state index in [1.165, 1.54) is 16.6 Å². The third-order valence-electron chi connectivity index (χ3n) is 4.43. The number of hydrogen-bond donors (Lipinski definition) is 1. The fourth-order valence-corrected chi connectivity index (χ4v) is 2.28. The molecule has 2 aromatic rings. The second-order valence-electron chi connectivity index (χ2n) is 6.54. The van der Waals surface area contributed by atoms with Crippen molar-refractivity contribution in [3.8, 4) is 0 Å². The largest absolute Gasteiger partial charge is 0.326 e. The Hall–Kier alpha value is -1.35. The van der Waals surface area contributed by atoms with E-state index in [9.17, 15) is 0 Å². The molecule has 0 aliphatic carbocycles. The zero-order chi connectivity index (χ0) is 14.9. The molecule has 3 nitrogen and oxygen atoms in total. The second kappa shape index (κ2) is 5.57. The van der Waals surface area contributed by atoms with Gasteiger partial charge in [0.1, 0.15) is 0 Å². The van der Waals surface area contributed by atoms with E-state index in [2.05, 4.69) is 68.5 Å². The number of aryl methyl sites for hydroxylation is 2. The van der Waals surface area contributed by atoms with Crippen LogP contribution in [0.5, 0.6) is 0 Å². The molecule has 0 saturated carbocycles. The molecular formula is C17H27N3. The molecule has 110 valence electrons. The van der Waals surface area contributed by atoms with E-state index < -0.39 is 0 Å². The Morgan fingerprint density at radius 3 is 2.55 bits per heavy atom. The highest BCUT2D eigenvalue weighted by molar-refractivity contribution is 5.77. The highest BCUT2D eigenvalue weighted by Gasteiger charge is 2.17. The number of aromatic nitrogens is 2. The highest BCUT2D eigenvalue weighted by Crippen LogP contribution is 2.21. The van der Waals surface area contributed by atoms with Crippen molar-refractivity contribution in [2.45, 2.75) is 59.5 Å². The molecule has 0 fully saturated rings.